The molecule has 0 saturated heterocycles. The molecule has 3 aromatic rings. The lowest BCUT2D eigenvalue weighted by molar-refractivity contribution is -0.255. The van der Waals surface area contributed by atoms with E-state index in [1.807, 2.05) is 39.0 Å². The molecule has 5 heteroatoms. The molecule has 0 atom stereocenters. The Balaban J connectivity index is 1.96. The molecule has 32 heavy (non-hydrogen) atoms. The minimum Gasteiger partial charge on any atom is -0.545 e. The number of phenols is 1. The first-order valence-electron chi connectivity index (χ1n) is 10.4. The van der Waals surface area contributed by atoms with Gasteiger partial charge < -0.3 is 19.7 Å². The lowest BCUT2D eigenvalue weighted by atomic mass is 9.75. The topological polar surface area (TPSA) is 86.7 Å². The quantitative estimate of drug-likeness (QED) is 0.471. The van der Waals surface area contributed by atoms with E-state index in [1.165, 1.54) is 24.3 Å². The summed E-state index contributed by atoms with van der Waals surface area (Å²) >= 11 is 0. The molecule has 0 bridgehead atoms. The molecule has 3 rings (SSSR count). The Kier molecular flexibility index (Phi) is 6.13. The van der Waals surface area contributed by atoms with Gasteiger partial charge in [-0.15, -0.1) is 0 Å². The number of rotatable bonds is 5. The zero-order valence-electron chi connectivity index (χ0n) is 18.9. The number of carbonyl (C=O) groups is 2. The van der Waals surface area contributed by atoms with Crippen molar-refractivity contribution in [3.63, 3.8) is 0 Å². The van der Waals surface area contributed by atoms with Crippen molar-refractivity contribution in [1.82, 2.24) is 0 Å². The standard InChI is InChI=1S/C27H28O5/c1-26(2,3)22-16-20(27(4,5)19-10-13-21(28)14-11-19)12-15-23(22)32-25(31)18-8-6-17(7-9-18)24(29)30/h6-16,28H,1-5H3,(H,29,30)/p-1. The molecule has 0 aliphatic rings. The predicted octanol–water partition coefficient (Wildman–Crippen LogP) is 4.60. The number of aromatic hydroxyl groups is 1. The van der Waals surface area contributed by atoms with Crippen LogP contribution in [-0.4, -0.2) is 17.0 Å². The Morgan fingerprint density at radius 3 is 1.84 bits per heavy atom. The Bertz CT molecular complexity index is 1130. The SMILES string of the molecule is CC(C)(C)c1cc(C(C)(C)c2ccc(O)cc2)ccc1OC(=O)c1ccc(C(=O)[O-])cc1. The van der Waals surface area contributed by atoms with E-state index in [1.54, 1.807) is 18.2 Å². The number of benzene rings is 3. The van der Waals surface area contributed by atoms with E-state index in [0.29, 0.717) is 5.75 Å². The monoisotopic (exact) mass is 431 g/mol. The molecule has 1 N–H and O–H groups in total. The van der Waals surface area contributed by atoms with E-state index < -0.39 is 11.9 Å². The van der Waals surface area contributed by atoms with Crippen molar-refractivity contribution < 1.29 is 24.5 Å². The summed E-state index contributed by atoms with van der Waals surface area (Å²) in [5, 5.41) is 20.5. The first-order valence-corrected chi connectivity index (χ1v) is 10.4. The third-order valence-electron chi connectivity index (χ3n) is 5.66. The Morgan fingerprint density at radius 1 is 0.781 bits per heavy atom. The van der Waals surface area contributed by atoms with Gasteiger partial charge in [-0.25, -0.2) is 4.79 Å². The largest absolute Gasteiger partial charge is 0.545 e. The van der Waals surface area contributed by atoms with Crippen molar-refractivity contribution in [3.05, 3.63) is 94.5 Å². The summed E-state index contributed by atoms with van der Waals surface area (Å²) in [6, 6.07) is 18.4. The molecule has 0 amide bonds. The second kappa shape index (κ2) is 8.50. The summed E-state index contributed by atoms with van der Waals surface area (Å²) in [6.45, 7) is 10.3. The number of hydrogen-bond donors (Lipinski definition) is 1. The second-order valence-electron chi connectivity index (χ2n) is 9.39. The number of phenolic OH excluding ortho intramolecular Hbond substituents is 1. The van der Waals surface area contributed by atoms with Gasteiger partial charge in [0, 0.05) is 11.0 Å². The second-order valence-corrected chi connectivity index (χ2v) is 9.39. The summed E-state index contributed by atoms with van der Waals surface area (Å²) in [4.78, 5) is 23.6. The van der Waals surface area contributed by atoms with Crippen molar-refractivity contribution >= 4 is 11.9 Å². The lowest BCUT2D eigenvalue weighted by Gasteiger charge is -2.30. The first-order chi connectivity index (χ1) is 14.9. The van der Waals surface area contributed by atoms with Crippen LogP contribution in [0.25, 0.3) is 0 Å². The van der Waals surface area contributed by atoms with Gasteiger partial charge in [-0.3, -0.25) is 0 Å². The van der Waals surface area contributed by atoms with Gasteiger partial charge in [0.25, 0.3) is 0 Å². The van der Waals surface area contributed by atoms with Crippen LogP contribution in [0, 0.1) is 0 Å². The molecule has 0 spiro atoms. The van der Waals surface area contributed by atoms with Crippen molar-refractivity contribution in [1.29, 1.82) is 0 Å². The fourth-order valence-electron chi connectivity index (χ4n) is 3.54. The van der Waals surface area contributed by atoms with E-state index >= 15 is 0 Å². The fraction of sp³-hybridized carbons (Fsp3) is 0.259. The number of carboxylic acid groups (broad SMARTS) is 1. The zero-order chi connectivity index (χ0) is 23.7. The van der Waals surface area contributed by atoms with Crippen LogP contribution < -0.4 is 9.84 Å². The van der Waals surface area contributed by atoms with Crippen LogP contribution in [0.4, 0.5) is 0 Å². The molecule has 0 aliphatic carbocycles. The minimum absolute atomic E-state index is 0.00209. The summed E-state index contributed by atoms with van der Waals surface area (Å²) < 4.78 is 5.71. The first kappa shape index (κ1) is 23.1. The molecule has 0 aromatic heterocycles. The van der Waals surface area contributed by atoms with Crippen LogP contribution in [0.15, 0.2) is 66.7 Å². The van der Waals surface area contributed by atoms with E-state index in [2.05, 4.69) is 19.9 Å². The fourth-order valence-corrected chi connectivity index (χ4v) is 3.54. The average molecular weight is 432 g/mol. The molecule has 166 valence electrons. The smallest absolute Gasteiger partial charge is 0.343 e. The van der Waals surface area contributed by atoms with Gasteiger partial charge >= 0.3 is 5.97 Å². The summed E-state index contributed by atoms with van der Waals surface area (Å²) in [5.41, 5.74) is 2.59. The molecular weight excluding hydrogens is 404 g/mol. The normalized spacial score (nSPS) is 11.8. The molecule has 0 unspecified atom stereocenters. The molecular formula is C27H27O5-. The lowest BCUT2D eigenvalue weighted by Crippen LogP contribution is -2.23. The van der Waals surface area contributed by atoms with Gasteiger partial charge in [-0.2, -0.15) is 0 Å². The van der Waals surface area contributed by atoms with Crippen LogP contribution >= 0.6 is 0 Å². The number of hydrogen-bond acceptors (Lipinski definition) is 5. The molecule has 0 aliphatic heterocycles. The number of carboxylic acids is 1. The van der Waals surface area contributed by atoms with Gasteiger partial charge in [0.2, 0.25) is 0 Å². The average Bonchev–Trinajstić information content (AvgIpc) is 2.73. The number of aromatic carboxylic acids is 1. The third-order valence-corrected chi connectivity index (χ3v) is 5.66. The van der Waals surface area contributed by atoms with Gasteiger partial charge in [0.1, 0.15) is 11.5 Å². The molecule has 0 heterocycles. The zero-order valence-corrected chi connectivity index (χ0v) is 18.9. The van der Waals surface area contributed by atoms with E-state index in [9.17, 15) is 19.8 Å². The van der Waals surface area contributed by atoms with Gasteiger partial charge in [0.15, 0.2) is 0 Å². The highest BCUT2D eigenvalue weighted by Crippen LogP contribution is 2.38. The van der Waals surface area contributed by atoms with Crippen molar-refractivity contribution in [2.45, 2.75) is 45.4 Å². The summed E-state index contributed by atoms with van der Waals surface area (Å²) in [6.07, 6.45) is 0. The Hall–Kier alpha value is -3.60. The van der Waals surface area contributed by atoms with E-state index in [0.717, 1.165) is 16.7 Å². The number of esters is 1. The van der Waals surface area contributed by atoms with Gasteiger partial charge in [-0.05, 0) is 52.4 Å². The molecule has 0 fully saturated rings. The maximum absolute atomic E-state index is 12.7. The highest BCUT2D eigenvalue weighted by molar-refractivity contribution is 5.93. The third kappa shape index (κ3) is 4.83. The summed E-state index contributed by atoms with van der Waals surface area (Å²) in [7, 11) is 0. The van der Waals surface area contributed by atoms with Crippen LogP contribution in [0.3, 0.4) is 0 Å². The minimum atomic E-state index is -1.30. The van der Waals surface area contributed by atoms with Crippen LogP contribution in [0.5, 0.6) is 11.5 Å². The highest BCUT2D eigenvalue weighted by Gasteiger charge is 2.28. The molecule has 3 aromatic carbocycles. The van der Waals surface area contributed by atoms with Crippen molar-refractivity contribution in [2.75, 3.05) is 0 Å². The van der Waals surface area contributed by atoms with E-state index in [-0.39, 0.29) is 27.7 Å². The Morgan fingerprint density at radius 2 is 1.31 bits per heavy atom. The van der Waals surface area contributed by atoms with Gasteiger partial charge in [0.05, 0.1) is 11.5 Å². The van der Waals surface area contributed by atoms with Gasteiger partial charge in [-0.1, -0.05) is 71.0 Å². The molecule has 0 radical (unpaired) electrons. The maximum atomic E-state index is 12.7. The predicted molar refractivity (Wildman–Crippen MR) is 121 cm³/mol. The molecule has 0 saturated carbocycles. The highest BCUT2D eigenvalue weighted by atomic mass is 16.5. The van der Waals surface area contributed by atoms with Crippen LogP contribution in [-0.2, 0) is 10.8 Å². The van der Waals surface area contributed by atoms with Crippen molar-refractivity contribution in [2.24, 2.45) is 0 Å². The Labute approximate surface area is 188 Å². The summed E-state index contributed by atoms with van der Waals surface area (Å²) in [5.74, 6) is -1.19. The number of carbonyl (C=O) groups excluding carboxylic acids is 2. The maximum Gasteiger partial charge on any atom is 0.343 e. The number of ether oxygens (including phenoxy) is 1. The molecule has 5 nitrogen and oxygen atoms in total. The van der Waals surface area contributed by atoms with Crippen molar-refractivity contribution in [3.8, 4) is 11.5 Å². The van der Waals surface area contributed by atoms with Crippen LogP contribution in [0.2, 0.25) is 0 Å². The van der Waals surface area contributed by atoms with E-state index in [4.69, 9.17) is 4.74 Å². The van der Waals surface area contributed by atoms with Crippen LogP contribution in [0.1, 0.15) is 72.0 Å².